The number of halogens is 2. The lowest BCUT2D eigenvalue weighted by Crippen LogP contribution is -2.56. The molecule has 0 bridgehead atoms. The Balaban J connectivity index is 1.44. The number of anilines is 1. The van der Waals surface area contributed by atoms with Crippen LogP contribution in [0.5, 0.6) is 0 Å². The molecule has 216 valence electrons. The molecule has 1 saturated heterocycles. The summed E-state index contributed by atoms with van der Waals surface area (Å²) in [7, 11) is -3.83. The van der Waals surface area contributed by atoms with Gasteiger partial charge in [-0.25, -0.2) is 8.42 Å². The van der Waals surface area contributed by atoms with Crippen molar-refractivity contribution in [2.75, 3.05) is 18.4 Å². The SMILES string of the molecule is Cc1[nH]c(C=C2C(=O)Nc3ccc(S(=O)(=O)Cc4c(Cl)cccc4Cl)cc32)c(C)c1CC(=O)N1C[C@@H](C)N[C@@H](C)C1. The lowest BCUT2D eigenvalue weighted by molar-refractivity contribution is -0.132. The number of hydrogen-bond acceptors (Lipinski definition) is 5. The minimum absolute atomic E-state index is 0.0554. The van der Waals surface area contributed by atoms with Gasteiger partial charge in [0.2, 0.25) is 5.91 Å². The van der Waals surface area contributed by atoms with E-state index in [1.165, 1.54) is 12.1 Å². The predicted octanol–water partition coefficient (Wildman–Crippen LogP) is 5.16. The molecule has 0 spiro atoms. The number of carbonyl (C=O) groups excluding carboxylic acids is 2. The fourth-order valence-electron chi connectivity index (χ4n) is 5.61. The highest BCUT2D eigenvalue weighted by molar-refractivity contribution is 7.90. The molecule has 3 heterocycles. The quantitative estimate of drug-likeness (QED) is 0.332. The summed E-state index contributed by atoms with van der Waals surface area (Å²) in [6.45, 7) is 9.29. The first-order chi connectivity index (χ1) is 19.3. The lowest BCUT2D eigenvalue weighted by atomic mass is 10.0. The highest BCUT2D eigenvalue weighted by Crippen LogP contribution is 2.37. The van der Waals surface area contributed by atoms with Crippen molar-refractivity contribution in [2.45, 2.75) is 56.8 Å². The first-order valence-corrected chi connectivity index (χ1v) is 15.8. The average molecular weight is 616 g/mol. The number of aromatic nitrogens is 1. The van der Waals surface area contributed by atoms with Crippen LogP contribution >= 0.6 is 23.2 Å². The smallest absolute Gasteiger partial charge is 0.256 e. The summed E-state index contributed by atoms with van der Waals surface area (Å²) in [5.41, 5.74) is 4.98. The van der Waals surface area contributed by atoms with Crippen molar-refractivity contribution < 1.29 is 18.0 Å². The van der Waals surface area contributed by atoms with E-state index >= 15 is 0 Å². The summed E-state index contributed by atoms with van der Waals surface area (Å²) in [4.78, 5) is 31.4. The topological polar surface area (TPSA) is 111 Å². The van der Waals surface area contributed by atoms with Crippen LogP contribution in [0, 0.1) is 13.8 Å². The van der Waals surface area contributed by atoms with Crippen molar-refractivity contribution in [1.82, 2.24) is 15.2 Å². The summed E-state index contributed by atoms with van der Waals surface area (Å²) in [5.74, 6) is -0.648. The number of H-pyrrole nitrogens is 1. The zero-order chi connectivity index (χ0) is 29.6. The number of amides is 2. The Bertz CT molecular complexity index is 1670. The van der Waals surface area contributed by atoms with E-state index in [2.05, 4.69) is 29.5 Å². The Morgan fingerprint density at radius 3 is 2.37 bits per heavy atom. The van der Waals surface area contributed by atoms with Gasteiger partial charge in [0, 0.05) is 63.4 Å². The van der Waals surface area contributed by atoms with E-state index in [4.69, 9.17) is 23.2 Å². The summed E-state index contributed by atoms with van der Waals surface area (Å²) < 4.78 is 26.7. The molecular weight excluding hydrogens is 583 g/mol. The molecule has 1 aromatic heterocycles. The average Bonchev–Trinajstić information content (AvgIpc) is 3.35. The highest BCUT2D eigenvalue weighted by Gasteiger charge is 2.29. The zero-order valence-corrected chi connectivity index (χ0v) is 25.6. The van der Waals surface area contributed by atoms with Gasteiger partial charge >= 0.3 is 0 Å². The second-order valence-electron chi connectivity index (χ2n) is 10.9. The summed E-state index contributed by atoms with van der Waals surface area (Å²) >= 11 is 12.4. The number of nitrogens with zero attached hydrogens (tertiary/aromatic N) is 1. The number of aryl methyl sites for hydroxylation is 1. The van der Waals surface area contributed by atoms with Crippen LogP contribution in [-0.4, -0.2) is 55.3 Å². The summed E-state index contributed by atoms with van der Waals surface area (Å²) in [6, 6.07) is 9.86. The van der Waals surface area contributed by atoms with Crippen LogP contribution in [0.3, 0.4) is 0 Å². The number of benzene rings is 2. The van der Waals surface area contributed by atoms with Crippen molar-refractivity contribution in [3.8, 4) is 0 Å². The number of hydrogen-bond donors (Lipinski definition) is 3. The third-order valence-corrected chi connectivity index (χ3v) is 10.0. The second kappa shape index (κ2) is 11.3. The first kappa shape index (κ1) is 29.4. The number of aromatic amines is 1. The molecule has 3 aromatic rings. The van der Waals surface area contributed by atoms with Crippen LogP contribution in [0.4, 0.5) is 5.69 Å². The third kappa shape index (κ3) is 5.95. The van der Waals surface area contributed by atoms with Gasteiger partial charge in [-0.1, -0.05) is 29.3 Å². The molecule has 8 nitrogen and oxygen atoms in total. The van der Waals surface area contributed by atoms with Gasteiger partial charge in [-0.3, -0.25) is 9.59 Å². The largest absolute Gasteiger partial charge is 0.359 e. The number of rotatable bonds is 6. The van der Waals surface area contributed by atoms with E-state index in [1.807, 2.05) is 18.7 Å². The maximum Gasteiger partial charge on any atom is 0.256 e. The van der Waals surface area contributed by atoms with Crippen LogP contribution in [0.25, 0.3) is 11.6 Å². The van der Waals surface area contributed by atoms with Gasteiger partial charge in [0.25, 0.3) is 5.91 Å². The van der Waals surface area contributed by atoms with Gasteiger partial charge in [-0.2, -0.15) is 0 Å². The predicted molar refractivity (Wildman–Crippen MR) is 163 cm³/mol. The number of nitrogens with one attached hydrogen (secondary N) is 3. The highest BCUT2D eigenvalue weighted by atomic mass is 35.5. The number of fused-ring (bicyclic) bond motifs is 1. The van der Waals surface area contributed by atoms with Crippen molar-refractivity contribution in [3.63, 3.8) is 0 Å². The van der Waals surface area contributed by atoms with E-state index in [0.29, 0.717) is 41.2 Å². The molecule has 0 radical (unpaired) electrons. The normalized spacial score (nSPS) is 19.9. The van der Waals surface area contributed by atoms with Crippen LogP contribution < -0.4 is 10.6 Å². The van der Waals surface area contributed by atoms with Gasteiger partial charge in [0.1, 0.15) is 0 Å². The zero-order valence-electron chi connectivity index (χ0n) is 23.3. The molecule has 3 N–H and O–H groups in total. The van der Waals surface area contributed by atoms with E-state index < -0.39 is 9.84 Å². The number of piperazine rings is 1. The molecule has 2 atom stereocenters. The monoisotopic (exact) mass is 614 g/mol. The molecule has 0 saturated carbocycles. The van der Waals surface area contributed by atoms with Gasteiger partial charge in [-0.05, 0) is 75.2 Å². The van der Waals surface area contributed by atoms with Crippen LogP contribution in [0.1, 0.15) is 47.5 Å². The van der Waals surface area contributed by atoms with Crippen molar-refractivity contribution in [2.24, 2.45) is 0 Å². The lowest BCUT2D eigenvalue weighted by Gasteiger charge is -2.36. The Hall–Kier alpha value is -3.11. The standard InChI is InChI=1S/C30H32Cl2N4O4S/c1-16-13-36(14-17(2)33-16)29(37)12-21-18(3)28(34-19(21)4)11-23-22-10-20(8-9-27(22)35-30(23)38)41(39,40)15-24-25(31)6-5-7-26(24)32/h5-11,16-17,33-34H,12-15H2,1-4H3,(H,35,38)/t16-,17+. The number of carbonyl (C=O) groups is 2. The van der Waals surface area contributed by atoms with E-state index in [-0.39, 0.29) is 51.0 Å². The molecule has 2 aliphatic rings. The van der Waals surface area contributed by atoms with Crippen LogP contribution in [0.2, 0.25) is 10.0 Å². The van der Waals surface area contributed by atoms with Crippen LogP contribution in [0.15, 0.2) is 41.3 Å². The Labute approximate surface area is 250 Å². The maximum atomic E-state index is 13.3. The fraction of sp³-hybridized carbons (Fsp3) is 0.333. The van der Waals surface area contributed by atoms with Gasteiger partial charge in [0.05, 0.1) is 22.6 Å². The minimum atomic E-state index is -3.83. The van der Waals surface area contributed by atoms with Crippen LogP contribution in [-0.2, 0) is 31.6 Å². The van der Waals surface area contributed by atoms with Gasteiger partial charge < -0.3 is 20.5 Å². The Kier molecular flexibility index (Phi) is 8.09. The molecule has 0 aliphatic carbocycles. The number of sulfone groups is 1. The second-order valence-corrected chi connectivity index (χ2v) is 13.7. The van der Waals surface area contributed by atoms with Crippen molar-refractivity contribution in [1.29, 1.82) is 0 Å². The minimum Gasteiger partial charge on any atom is -0.359 e. The Morgan fingerprint density at radius 2 is 1.71 bits per heavy atom. The molecule has 1 fully saturated rings. The van der Waals surface area contributed by atoms with Crippen molar-refractivity contribution in [3.05, 3.63) is 80.1 Å². The third-order valence-electron chi connectivity index (χ3n) is 7.69. The molecule has 0 unspecified atom stereocenters. The maximum absolute atomic E-state index is 13.3. The fourth-order valence-corrected chi connectivity index (χ4v) is 7.73. The summed E-state index contributed by atoms with van der Waals surface area (Å²) in [6.07, 6.45) is 1.97. The molecule has 11 heteroatoms. The summed E-state index contributed by atoms with van der Waals surface area (Å²) in [5, 5.41) is 6.80. The Morgan fingerprint density at radius 1 is 1.05 bits per heavy atom. The van der Waals surface area contributed by atoms with E-state index in [0.717, 1.165) is 16.8 Å². The van der Waals surface area contributed by atoms with Gasteiger partial charge in [0.15, 0.2) is 9.84 Å². The van der Waals surface area contributed by atoms with E-state index in [1.54, 1.807) is 30.3 Å². The molecule has 2 aromatic carbocycles. The van der Waals surface area contributed by atoms with E-state index in [9.17, 15) is 18.0 Å². The molecule has 2 amide bonds. The molecule has 5 rings (SSSR count). The first-order valence-electron chi connectivity index (χ1n) is 13.4. The molecular formula is C30H32Cl2N4O4S. The molecule has 41 heavy (non-hydrogen) atoms. The molecule has 2 aliphatic heterocycles. The van der Waals surface area contributed by atoms with Crippen molar-refractivity contribution >= 4 is 62.2 Å². The van der Waals surface area contributed by atoms with Gasteiger partial charge in [-0.15, -0.1) is 0 Å².